The third-order valence-corrected chi connectivity index (χ3v) is 5.93. The second-order valence-electron chi connectivity index (χ2n) is 7.25. The van der Waals surface area contributed by atoms with E-state index in [1.807, 2.05) is 7.05 Å². The summed E-state index contributed by atoms with van der Waals surface area (Å²) in [5.41, 5.74) is -1.77. The molecule has 8 heteroatoms. The van der Waals surface area contributed by atoms with Gasteiger partial charge in [-0.15, -0.1) is 0 Å². The molecule has 0 unspecified atom stereocenters. The van der Waals surface area contributed by atoms with Gasteiger partial charge in [-0.1, -0.05) is 0 Å². The smallest absolute Gasteiger partial charge is 0.302 e. The van der Waals surface area contributed by atoms with Crippen LogP contribution in [0.2, 0.25) is 0 Å². The Labute approximate surface area is 148 Å². The van der Waals surface area contributed by atoms with Crippen molar-refractivity contribution in [2.24, 2.45) is 17.8 Å². The van der Waals surface area contributed by atoms with Gasteiger partial charge in [0.25, 0.3) is 0 Å². The van der Waals surface area contributed by atoms with E-state index in [9.17, 15) is 22.8 Å². The fourth-order valence-corrected chi connectivity index (χ4v) is 4.82. The standard InChI is InChI=1S/C18H16F3N3O2/c1-23-8-10-3-5-13(23)15-14(10)16(25)24(17(15)26)11-4-2-9(7-22)12(6-11)18(19,20)21/h2,4,6,10,13-15H,3,5,8H2,1H3/t10-,13-,14+,15-/m0/s1. The summed E-state index contributed by atoms with van der Waals surface area (Å²) >= 11 is 0. The monoisotopic (exact) mass is 363 g/mol. The molecule has 0 aromatic heterocycles. The van der Waals surface area contributed by atoms with Crippen LogP contribution in [0, 0.1) is 29.1 Å². The van der Waals surface area contributed by atoms with Gasteiger partial charge >= 0.3 is 6.18 Å². The molecule has 3 heterocycles. The van der Waals surface area contributed by atoms with Crippen LogP contribution in [-0.4, -0.2) is 36.3 Å². The maximum Gasteiger partial charge on any atom is 0.417 e. The van der Waals surface area contributed by atoms with E-state index in [2.05, 4.69) is 4.90 Å². The molecular weight excluding hydrogens is 347 g/mol. The fourth-order valence-electron chi connectivity index (χ4n) is 4.82. The largest absolute Gasteiger partial charge is 0.417 e. The molecule has 5 rings (SSSR count). The summed E-state index contributed by atoms with van der Waals surface area (Å²) in [6.07, 6.45) is -3.07. The van der Waals surface area contributed by atoms with Crippen molar-refractivity contribution in [1.82, 2.24) is 4.90 Å². The first-order chi connectivity index (χ1) is 12.2. The Morgan fingerprint density at radius 3 is 2.46 bits per heavy atom. The molecule has 3 aliphatic heterocycles. The minimum atomic E-state index is -4.74. The number of alkyl halides is 3. The predicted molar refractivity (Wildman–Crippen MR) is 84.8 cm³/mol. The lowest BCUT2D eigenvalue weighted by atomic mass is 9.66. The molecular formula is C18H16F3N3O2. The van der Waals surface area contributed by atoms with Crippen LogP contribution in [0.1, 0.15) is 24.0 Å². The lowest BCUT2D eigenvalue weighted by molar-refractivity contribution is -0.138. The van der Waals surface area contributed by atoms with E-state index in [0.29, 0.717) is 0 Å². The molecule has 136 valence electrons. The number of amides is 2. The third-order valence-electron chi connectivity index (χ3n) is 5.93. The van der Waals surface area contributed by atoms with Crippen LogP contribution >= 0.6 is 0 Å². The highest BCUT2D eigenvalue weighted by Gasteiger charge is 2.60. The molecule has 1 aliphatic carbocycles. The van der Waals surface area contributed by atoms with Gasteiger partial charge in [0.15, 0.2) is 0 Å². The lowest BCUT2D eigenvalue weighted by Crippen LogP contribution is -2.56. The SMILES string of the molecule is CN1C[C@@H]2CC[C@H]1[C@@H]1C(=O)N(c3ccc(C#N)c(C(F)(F)F)c3)C(=O)[C@H]21. The van der Waals surface area contributed by atoms with Crippen molar-refractivity contribution in [1.29, 1.82) is 5.26 Å². The topological polar surface area (TPSA) is 64.4 Å². The first-order valence-corrected chi connectivity index (χ1v) is 8.43. The van der Waals surface area contributed by atoms with Gasteiger partial charge in [0.1, 0.15) is 0 Å². The van der Waals surface area contributed by atoms with Crippen molar-refractivity contribution >= 4 is 17.5 Å². The molecule has 0 radical (unpaired) electrons. The summed E-state index contributed by atoms with van der Waals surface area (Å²) in [7, 11) is 1.91. The average Bonchev–Trinajstić information content (AvgIpc) is 2.87. The summed E-state index contributed by atoms with van der Waals surface area (Å²) in [5, 5.41) is 8.91. The summed E-state index contributed by atoms with van der Waals surface area (Å²) in [5.74, 6) is -1.75. The van der Waals surface area contributed by atoms with E-state index < -0.39 is 41.0 Å². The number of imide groups is 1. The van der Waals surface area contributed by atoms with Crippen LogP contribution in [0.15, 0.2) is 18.2 Å². The second kappa shape index (κ2) is 5.55. The minimum Gasteiger partial charge on any atom is -0.302 e. The Kier molecular flexibility index (Phi) is 3.63. The predicted octanol–water partition coefficient (Wildman–Crippen LogP) is 2.41. The highest BCUT2D eigenvalue weighted by molar-refractivity contribution is 6.22. The normalized spacial score (nSPS) is 31.3. The van der Waals surface area contributed by atoms with E-state index in [4.69, 9.17) is 5.26 Å². The Hall–Kier alpha value is -2.40. The van der Waals surface area contributed by atoms with E-state index in [1.54, 1.807) is 0 Å². The van der Waals surface area contributed by atoms with Crippen LogP contribution in [-0.2, 0) is 15.8 Å². The van der Waals surface area contributed by atoms with E-state index in [1.165, 1.54) is 12.1 Å². The molecule has 4 fully saturated rings. The highest BCUT2D eigenvalue weighted by Crippen LogP contribution is 2.49. The van der Waals surface area contributed by atoms with Crippen molar-refractivity contribution < 1.29 is 22.8 Å². The molecule has 1 aromatic rings. The number of carbonyl (C=O) groups excluding carboxylic acids is 2. The summed E-state index contributed by atoms with van der Waals surface area (Å²) in [4.78, 5) is 28.8. The van der Waals surface area contributed by atoms with E-state index in [-0.39, 0.29) is 17.6 Å². The van der Waals surface area contributed by atoms with Crippen LogP contribution in [0.3, 0.4) is 0 Å². The Bertz CT molecular complexity index is 845. The maximum absolute atomic E-state index is 13.2. The number of halogens is 3. The molecule has 1 saturated carbocycles. The molecule has 3 saturated heterocycles. The van der Waals surface area contributed by atoms with Crippen molar-refractivity contribution in [3.63, 3.8) is 0 Å². The minimum absolute atomic E-state index is 0.0491. The number of anilines is 1. The van der Waals surface area contributed by atoms with Crippen LogP contribution < -0.4 is 4.90 Å². The number of nitrogens with zero attached hydrogens (tertiary/aromatic N) is 3. The lowest BCUT2D eigenvalue weighted by Gasteiger charge is -2.48. The summed E-state index contributed by atoms with van der Waals surface area (Å²) < 4.78 is 39.7. The second-order valence-corrected chi connectivity index (χ2v) is 7.25. The number of hydrogen-bond donors (Lipinski definition) is 0. The number of piperidine rings is 2. The van der Waals surface area contributed by atoms with Gasteiger partial charge in [-0.25, -0.2) is 4.90 Å². The zero-order chi connectivity index (χ0) is 18.8. The number of carbonyl (C=O) groups is 2. The molecule has 2 bridgehead atoms. The zero-order valence-electron chi connectivity index (χ0n) is 14.0. The van der Waals surface area contributed by atoms with Crippen LogP contribution in [0.5, 0.6) is 0 Å². The van der Waals surface area contributed by atoms with Crippen LogP contribution in [0.4, 0.5) is 18.9 Å². The fraction of sp³-hybridized carbons (Fsp3) is 0.500. The number of rotatable bonds is 1. The van der Waals surface area contributed by atoms with Crippen molar-refractivity contribution in [3.05, 3.63) is 29.3 Å². The van der Waals surface area contributed by atoms with Crippen molar-refractivity contribution in [3.8, 4) is 6.07 Å². The van der Waals surface area contributed by atoms with Gasteiger partial charge in [-0.2, -0.15) is 18.4 Å². The maximum atomic E-state index is 13.2. The molecule has 0 N–H and O–H groups in total. The number of hydrogen-bond acceptors (Lipinski definition) is 4. The van der Waals surface area contributed by atoms with E-state index in [0.717, 1.165) is 36.4 Å². The van der Waals surface area contributed by atoms with Crippen molar-refractivity contribution in [2.45, 2.75) is 25.1 Å². The number of fused-ring (bicyclic) bond motifs is 2. The van der Waals surface area contributed by atoms with Gasteiger partial charge in [-0.05, 0) is 44.0 Å². The summed E-state index contributed by atoms with van der Waals surface area (Å²) in [6, 6.07) is 4.45. The number of nitriles is 1. The molecule has 5 nitrogen and oxygen atoms in total. The van der Waals surface area contributed by atoms with Gasteiger partial charge < -0.3 is 4.90 Å². The van der Waals surface area contributed by atoms with Gasteiger partial charge in [-0.3, -0.25) is 9.59 Å². The first kappa shape index (κ1) is 17.0. The molecule has 2 amide bonds. The Balaban J connectivity index is 1.77. The number of benzene rings is 1. The van der Waals surface area contributed by atoms with Crippen LogP contribution in [0.25, 0.3) is 0 Å². The molecule has 26 heavy (non-hydrogen) atoms. The Morgan fingerprint density at radius 1 is 1.15 bits per heavy atom. The molecule has 4 aliphatic rings. The van der Waals surface area contributed by atoms with E-state index >= 15 is 0 Å². The molecule has 4 atom stereocenters. The summed E-state index contributed by atoms with van der Waals surface area (Å²) in [6.45, 7) is 0.722. The van der Waals surface area contributed by atoms with Gasteiger partial charge in [0.2, 0.25) is 11.8 Å². The third kappa shape index (κ3) is 2.27. The highest BCUT2D eigenvalue weighted by atomic mass is 19.4. The molecule has 1 aromatic carbocycles. The van der Waals surface area contributed by atoms with Crippen molar-refractivity contribution in [2.75, 3.05) is 18.5 Å². The van der Waals surface area contributed by atoms with Gasteiger partial charge in [0.05, 0.1) is 34.7 Å². The Morgan fingerprint density at radius 2 is 1.85 bits per heavy atom. The first-order valence-electron chi connectivity index (χ1n) is 8.43. The van der Waals surface area contributed by atoms with Gasteiger partial charge in [0, 0.05) is 12.6 Å². The molecule has 0 spiro atoms. The zero-order valence-corrected chi connectivity index (χ0v) is 14.0. The quantitative estimate of drug-likeness (QED) is 0.719. The average molecular weight is 363 g/mol.